The standard InChI is InChI=1S/C15H19BrN4O/c1-2-7-20-9-11(8-17-20)14-18-13(10-5-3-4-6-10)12(16)15(21)19-14/h8-10H,2-7H2,1H3,(H,18,19,21). The number of aromatic amines is 1. The van der Waals surface area contributed by atoms with Crippen LogP contribution < -0.4 is 5.56 Å². The number of hydrogen-bond acceptors (Lipinski definition) is 3. The molecule has 1 N–H and O–H groups in total. The van der Waals surface area contributed by atoms with Crippen LogP contribution in [0.2, 0.25) is 0 Å². The Balaban J connectivity index is 2.00. The SMILES string of the molecule is CCCn1cc(-c2nc(C3CCCC3)c(Br)c(=O)[nH]2)cn1. The number of H-pyrrole nitrogens is 1. The summed E-state index contributed by atoms with van der Waals surface area (Å²) >= 11 is 3.40. The van der Waals surface area contributed by atoms with Crippen LogP contribution in [0.4, 0.5) is 0 Å². The van der Waals surface area contributed by atoms with Crippen LogP contribution >= 0.6 is 15.9 Å². The van der Waals surface area contributed by atoms with E-state index in [1.807, 2.05) is 10.9 Å². The van der Waals surface area contributed by atoms with Crippen molar-refractivity contribution in [3.63, 3.8) is 0 Å². The minimum absolute atomic E-state index is 0.106. The lowest BCUT2D eigenvalue weighted by molar-refractivity contribution is 0.603. The normalized spacial score (nSPS) is 15.7. The van der Waals surface area contributed by atoms with Crippen LogP contribution in [-0.4, -0.2) is 19.7 Å². The van der Waals surface area contributed by atoms with Gasteiger partial charge in [0.1, 0.15) is 10.3 Å². The van der Waals surface area contributed by atoms with Crippen LogP contribution in [-0.2, 0) is 6.54 Å². The van der Waals surface area contributed by atoms with Gasteiger partial charge in [-0.1, -0.05) is 19.8 Å². The Morgan fingerprint density at radius 1 is 1.43 bits per heavy atom. The number of aromatic nitrogens is 4. The summed E-state index contributed by atoms with van der Waals surface area (Å²) in [5.74, 6) is 1.01. The molecule has 0 amide bonds. The molecule has 1 aliphatic rings. The molecule has 0 bridgehead atoms. The van der Waals surface area contributed by atoms with Gasteiger partial charge < -0.3 is 4.98 Å². The molecule has 0 unspecified atom stereocenters. The molecule has 1 fully saturated rings. The molecule has 1 aliphatic carbocycles. The van der Waals surface area contributed by atoms with Crippen molar-refractivity contribution in [1.82, 2.24) is 19.7 Å². The Labute approximate surface area is 131 Å². The Morgan fingerprint density at radius 2 is 2.19 bits per heavy atom. The van der Waals surface area contributed by atoms with Crippen molar-refractivity contribution in [2.75, 3.05) is 0 Å². The highest BCUT2D eigenvalue weighted by Gasteiger charge is 2.23. The number of aryl methyl sites for hydroxylation is 1. The van der Waals surface area contributed by atoms with Gasteiger partial charge in [-0.2, -0.15) is 5.10 Å². The van der Waals surface area contributed by atoms with E-state index in [1.54, 1.807) is 6.20 Å². The average Bonchev–Trinajstić information content (AvgIpc) is 3.13. The fourth-order valence-corrected chi connectivity index (χ4v) is 3.43. The summed E-state index contributed by atoms with van der Waals surface area (Å²) in [6.07, 6.45) is 9.39. The summed E-state index contributed by atoms with van der Waals surface area (Å²) in [6, 6.07) is 0. The highest BCUT2D eigenvalue weighted by atomic mass is 79.9. The summed E-state index contributed by atoms with van der Waals surface area (Å²) in [5.41, 5.74) is 1.66. The van der Waals surface area contributed by atoms with E-state index in [2.05, 4.69) is 32.9 Å². The molecule has 0 radical (unpaired) electrons. The third-order valence-electron chi connectivity index (χ3n) is 3.99. The lowest BCUT2D eigenvalue weighted by atomic mass is 10.0. The first-order chi connectivity index (χ1) is 10.2. The molecule has 0 atom stereocenters. The molecule has 0 aliphatic heterocycles. The molecule has 0 aromatic carbocycles. The Kier molecular flexibility index (Phi) is 4.24. The van der Waals surface area contributed by atoms with Gasteiger partial charge in [-0.25, -0.2) is 4.98 Å². The molecule has 6 heteroatoms. The largest absolute Gasteiger partial charge is 0.305 e. The third-order valence-corrected chi connectivity index (χ3v) is 4.76. The van der Waals surface area contributed by atoms with E-state index < -0.39 is 0 Å². The second-order valence-corrected chi connectivity index (χ2v) is 6.38. The molecule has 21 heavy (non-hydrogen) atoms. The quantitative estimate of drug-likeness (QED) is 0.918. The van der Waals surface area contributed by atoms with Crippen LogP contribution in [0.25, 0.3) is 11.4 Å². The summed E-state index contributed by atoms with van der Waals surface area (Å²) in [7, 11) is 0. The number of nitrogens with one attached hydrogen (secondary N) is 1. The van der Waals surface area contributed by atoms with Gasteiger partial charge in [0.05, 0.1) is 17.5 Å². The maximum atomic E-state index is 12.2. The lowest BCUT2D eigenvalue weighted by Crippen LogP contribution is -2.15. The minimum Gasteiger partial charge on any atom is -0.305 e. The molecule has 3 rings (SSSR count). The van der Waals surface area contributed by atoms with Crippen molar-refractivity contribution >= 4 is 15.9 Å². The summed E-state index contributed by atoms with van der Waals surface area (Å²) in [5, 5.41) is 4.30. The van der Waals surface area contributed by atoms with Gasteiger partial charge in [-0.05, 0) is 35.2 Å². The van der Waals surface area contributed by atoms with Crippen molar-refractivity contribution in [3.8, 4) is 11.4 Å². The molecule has 0 saturated heterocycles. The number of hydrogen-bond donors (Lipinski definition) is 1. The van der Waals surface area contributed by atoms with Gasteiger partial charge in [-0.15, -0.1) is 0 Å². The van der Waals surface area contributed by atoms with Crippen molar-refractivity contribution in [2.24, 2.45) is 0 Å². The number of rotatable bonds is 4. The summed E-state index contributed by atoms with van der Waals surface area (Å²) < 4.78 is 2.46. The van der Waals surface area contributed by atoms with Crippen molar-refractivity contribution in [2.45, 2.75) is 51.5 Å². The zero-order valence-corrected chi connectivity index (χ0v) is 13.7. The van der Waals surface area contributed by atoms with Crippen LogP contribution in [0.5, 0.6) is 0 Å². The first-order valence-electron chi connectivity index (χ1n) is 7.51. The molecular weight excluding hydrogens is 332 g/mol. The Hall–Kier alpha value is -1.43. The zero-order valence-electron chi connectivity index (χ0n) is 12.1. The van der Waals surface area contributed by atoms with E-state index in [1.165, 1.54) is 12.8 Å². The third kappa shape index (κ3) is 2.95. The number of halogens is 1. The first kappa shape index (κ1) is 14.5. The number of nitrogens with zero attached hydrogens (tertiary/aromatic N) is 3. The van der Waals surface area contributed by atoms with Gasteiger partial charge in [0, 0.05) is 18.7 Å². The van der Waals surface area contributed by atoms with Crippen LogP contribution in [0.15, 0.2) is 21.7 Å². The van der Waals surface area contributed by atoms with E-state index in [9.17, 15) is 4.79 Å². The maximum absolute atomic E-state index is 12.2. The monoisotopic (exact) mass is 350 g/mol. The van der Waals surface area contributed by atoms with Gasteiger partial charge in [0.25, 0.3) is 5.56 Å². The van der Waals surface area contributed by atoms with Gasteiger partial charge >= 0.3 is 0 Å². The fourth-order valence-electron chi connectivity index (χ4n) is 2.92. The predicted octanol–water partition coefficient (Wildman–Crippen LogP) is 3.46. The molecule has 112 valence electrons. The lowest BCUT2D eigenvalue weighted by Gasteiger charge is -2.11. The van der Waals surface area contributed by atoms with Gasteiger partial charge in [0.15, 0.2) is 0 Å². The maximum Gasteiger partial charge on any atom is 0.265 e. The average molecular weight is 351 g/mol. The van der Waals surface area contributed by atoms with E-state index in [4.69, 9.17) is 4.98 Å². The summed E-state index contributed by atoms with van der Waals surface area (Å²) in [4.78, 5) is 19.7. The molecule has 5 nitrogen and oxygen atoms in total. The molecule has 1 saturated carbocycles. The molecule has 2 heterocycles. The van der Waals surface area contributed by atoms with Crippen LogP contribution in [0.3, 0.4) is 0 Å². The Morgan fingerprint density at radius 3 is 2.90 bits per heavy atom. The molecule has 2 aromatic heterocycles. The van der Waals surface area contributed by atoms with E-state index >= 15 is 0 Å². The fraction of sp³-hybridized carbons (Fsp3) is 0.533. The smallest absolute Gasteiger partial charge is 0.265 e. The van der Waals surface area contributed by atoms with Crippen molar-refractivity contribution in [1.29, 1.82) is 0 Å². The molecular formula is C15H19BrN4O. The second kappa shape index (κ2) is 6.13. The Bertz CT molecular complexity index is 685. The molecule has 0 spiro atoms. The minimum atomic E-state index is -0.106. The van der Waals surface area contributed by atoms with Crippen molar-refractivity contribution < 1.29 is 0 Å². The van der Waals surface area contributed by atoms with Crippen LogP contribution in [0.1, 0.15) is 50.6 Å². The van der Waals surface area contributed by atoms with Crippen molar-refractivity contribution in [3.05, 3.63) is 32.9 Å². The summed E-state index contributed by atoms with van der Waals surface area (Å²) in [6.45, 7) is 2.98. The second-order valence-electron chi connectivity index (χ2n) is 5.59. The van der Waals surface area contributed by atoms with E-state index in [0.717, 1.165) is 37.1 Å². The highest BCUT2D eigenvalue weighted by molar-refractivity contribution is 9.10. The predicted molar refractivity (Wildman–Crippen MR) is 85.3 cm³/mol. The van der Waals surface area contributed by atoms with Gasteiger partial charge in [0.2, 0.25) is 0 Å². The highest BCUT2D eigenvalue weighted by Crippen LogP contribution is 2.35. The van der Waals surface area contributed by atoms with E-state index in [-0.39, 0.29) is 5.56 Å². The topological polar surface area (TPSA) is 63.6 Å². The van der Waals surface area contributed by atoms with Gasteiger partial charge in [-0.3, -0.25) is 9.48 Å². The first-order valence-corrected chi connectivity index (χ1v) is 8.31. The molecule has 2 aromatic rings. The van der Waals surface area contributed by atoms with E-state index in [0.29, 0.717) is 16.2 Å². The zero-order chi connectivity index (χ0) is 14.8. The van der Waals surface area contributed by atoms with Crippen LogP contribution in [0, 0.1) is 0 Å².